The summed E-state index contributed by atoms with van der Waals surface area (Å²) in [6.07, 6.45) is 3.54. The normalized spacial score (nSPS) is 16.4. The Labute approximate surface area is 167 Å². The number of sulfonamides is 1. The van der Waals surface area contributed by atoms with Gasteiger partial charge in [0.25, 0.3) is 0 Å². The number of benzene rings is 1. The summed E-state index contributed by atoms with van der Waals surface area (Å²) in [6.45, 7) is 5.34. The van der Waals surface area contributed by atoms with Crippen LogP contribution < -0.4 is 5.32 Å². The molecule has 152 valence electrons. The average molecular weight is 405 g/mol. The van der Waals surface area contributed by atoms with Gasteiger partial charge in [-0.2, -0.15) is 4.31 Å². The van der Waals surface area contributed by atoms with Crippen molar-refractivity contribution in [3.05, 3.63) is 54.0 Å². The highest BCUT2D eigenvalue weighted by molar-refractivity contribution is 7.89. The number of nitrogens with zero attached hydrogens (tertiary/aromatic N) is 1. The third kappa shape index (κ3) is 5.02. The van der Waals surface area contributed by atoms with E-state index in [0.29, 0.717) is 49.0 Å². The van der Waals surface area contributed by atoms with Gasteiger partial charge in [0.2, 0.25) is 15.9 Å². The van der Waals surface area contributed by atoms with E-state index in [1.54, 1.807) is 24.5 Å². The number of carbonyl (C=O) groups is 1. The SMILES string of the molecule is CC(C)Cc1ccc(S(=O)(=O)N2CCC(C(=O)NCc3ccco3)CC2)cc1. The van der Waals surface area contributed by atoms with E-state index < -0.39 is 10.0 Å². The summed E-state index contributed by atoms with van der Waals surface area (Å²) in [5.41, 5.74) is 1.14. The first-order valence-electron chi connectivity index (χ1n) is 9.75. The fourth-order valence-corrected chi connectivity index (χ4v) is 4.98. The summed E-state index contributed by atoms with van der Waals surface area (Å²) in [6, 6.07) is 10.7. The predicted octanol–water partition coefficient (Wildman–Crippen LogP) is 3.20. The second-order valence-electron chi connectivity index (χ2n) is 7.72. The lowest BCUT2D eigenvalue weighted by molar-refractivity contribution is -0.126. The van der Waals surface area contributed by atoms with Gasteiger partial charge in [-0.05, 0) is 55.0 Å². The maximum atomic E-state index is 12.9. The van der Waals surface area contributed by atoms with Gasteiger partial charge < -0.3 is 9.73 Å². The molecule has 2 aromatic rings. The summed E-state index contributed by atoms with van der Waals surface area (Å²) >= 11 is 0. The molecule has 6 nitrogen and oxygen atoms in total. The lowest BCUT2D eigenvalue weighted by Crippen LogP contribution is -2.42. The molecule has 2 heterocycles. The summed E-state index contributed by atoms with van der Waals surface area (Å²) in [4.78, 5) is 12.6. The lowest BCUT2D eigenvalue weighted by Gasteiger charge is -2.30. The van der Waals surface area contributed by atoms with E-state index in [4.69, 9.17) is 4.42 Å². The zero-order valence-electron chi connectivity index (χ0n) is 16.4. The number of nitrogens with one attached hydrogen (secondary N) is 1. The first-order chi connectivity index (χ1) is 13.4. The van der Waals surface area contributed by atoms with Crippen molar-refractivity contribution >= 4 is 15.9 Å². The van der Waals surface area contributed by atoms with Crippen LogP contribution >= 0.6 is 0 Å². The molecule has 1 fully saturated rings. The van der Waals surface area contributed by atoms with Gasteiger partial charge in [0.05, 0.1) is 17.7 Å². The Kier molecular flexibility index (Phi) is 6.57. The molecule has 0 radical (unpaired) electrons. The Balaban J connectivity index is 1.55. The van der Waals surface area contributed by atoms with E-state index in [9.17, 15) is 13.2 Å². The Morgan fingerprint density at radius 3 is 2.43 bits per heavy atom. The molecular weight excluding hydrogens is 376 g/mol. The number of rotatable bonds is 7. The van der Waals surface area contributed by atoms with Crippen LogP contribution in [0.25, 0.3) is 0 Å². The van der Waals surface area contributed by atoms with Crippen molar-refractivity contribution in [2.24, 2.45) is 11.8 Å². The molecule has 1 amide bonds. The average Bonchev–Trinajstić information content (AvgIpc) is 3.20. The monoisotopic (exact) mass is 404 g/mol. The number of furan rings is 1. The molecule has 28 heavy (non-hydrogen) atoms. The molecule has 7 heteroatoms. The molecule has 0 atom stereocenters. The van der Waals surface area contributed by atoms with Gasteiger partial charge in [-0.25, -0.2) is 8.42 Å². The molecule has 1 aliphatic rings. The van der Waals surface area contributed by atoms with Crippen LogP contribution in [0.4, 0.5) is 0 Å². The van der Waals surface area contributed by atoms with E-state index in [1.165, 1.54) is 4.31 Å². The van der Waals surface area contributed by atoms with Gasteiger partial charge in [-0.3, -0.25) is 4.79 Å². The molecule has 1 aromatic carbocycles. The third-order valence-electron chi connectivity index (χ3n) is 5.05. The standard InChI is InChI=1S/C21H28N2O4S/c1-16(2)14-17-5-7-20(8-6-17)28(25,26)23-11-9-18(10-12-23)21(24)22-15-19-4-3-13-27-19/h3-8,13,16,18H,9-12,14-15H2,1-2H3,(H,22,24). The highest BCUT2D eigenvalue weighted by atomic mass is 32.2. The molecule has 1 aromatic heterocycles. The topological polar surface area (TPSA) is 79.6 Å². The minimum absolute atomic E-state index is 0.0495. The summed E-state index contributed by atoms with van der Waals surface area (Å²) in [7, 11) is -3.52. The first kappa shape index (κ1) is 20.6. The molecule has 0 unspecified atom stereocenters. The van der Waals surface area contributed by atoms with E-state index in [-0.39, 0.29) is 11.8 Å². The zero-order chi connectivity index (χ0) is 20.1. The van der Waals surface area contributed by atoms with Crippen LogP contribution in [0.2, 0.25) is 0 Å². The fourth-order valence-electron chi connectivity index (χ4n) is 3.51. The number of carbonyl (C=O) groups excluding carboxylic acids is 1. The third-order valence-corrected chi connectivity index (χ3v) is 6.96. The largest absolute Gasteiger partial charge is 0.467 e. The van der Waals surface area contributed by atoms with Crippen LogP contribution in [0, 0.1) is 11.8 Å². The van der Waals surface area contributed by atoms with Crippen LogP contribution in [-0.2, 0) is 27.8 Å². The predicted molar refractivity (Wildman–Crippen MR) is 107 cm³/mol. The molecule has 1 saturated heterocycles. The van der Waals surface area contributed by atoms with Crippen molar-refractivity contribution < 1.29 is 17.6 Å². The Morgan fingerprint density at radius 2 is 1.86 bits per heavy atom. The van der Waals surface area contributed by atoms with Gasteiger partial charge in [0.15, 0.2) is 0 Å². The van der Waals surface area contributed by atoms with E-state index >= 15 is 0 Å². The highest BCUT2D eigenvalue weighted by Gasteiger charge is 2.32. The Morgan fingerprint density at radius 1 is 1.18 bits per heavy atom. The van der Waals surface area contributed by atoms with Crippen molar-refractivity contribution in [1.82, 2.24) is 9.62 Å². The van der Waals surface area contributed by atoms with Crippen LogP contribution in [0.1, 0.15) is 38.0 Å². The first-order valence-corrected chi connectivity index (χ1v) is 11.2. The van der Waals surface area contributed by atoms with Crippen molar-refractivity contribution in [2.75, 3.05) is 13.1 Å². The summed E-state index contributed by atoms with van der Waals surface area (Å²) in [5, 5.41) is 2.86. The smallest absolute Gasteiger partial charge is 0.243 e. The minimum Gasteiger partial charge on any atom is -0.467 e. The van der Waals surface area contributed by atoms with Crippen molar-refractivity contribution in [3.63, 3.8) is 0 Å². The zero-order valence-corrected chi connectivity index (χ0v) is 17.2. The fraction of sp³-hybridized carbons (Fsp3) is 0.476. The molecule has 0 bridgehead atoms. The number of hydrogen-bond acceptors (Lipinski definition) is 4. The highest BCUT2D eigenvalue weighted by Crippen LogP contribution is 2.24. The van der Waals surface area contributed by atoms with Crippen molar-refractivity contribution in [2.45, 2.75) is 44.6 Å². The molecule has 0 spiro atoms. The van der Waals surface area contributed by atoms with Crippen LogP contribution in [0.15, 0.2) is 52.0 Å². The number of piperidine rings is 1. The van der Waals surface area contributed by atoms with Gasteiger partial charge in [0, 0.05) is 19.0 Å². The van der Waals surface area contributed by atoms with Crippen LogP contribution in [-0.4, -0.2) is 31.7 Å². The second-order valence-corrected chi connectivity index (χ2v) is 9.66. The quantitative estimate of drug-likeness (QED) is 0.769. The van der Waals surface area contributed by atoms with Gasteiger partial charge in [-0.1, -0.05) is 26.0 Å². The molecular formula is C21H28N2O4S. The second kappa shape index (κ2) is 8.92. The van der Waals surface area contributed by atoms with Crippen molar-refractivity contribution in [3.8, 4) is 0 Å². The molecule has 0 aliphatic carbocycles. The maximum absolute atomic E-state index is 12.9. The Bertz CT molecular complexity index is 866. The summed E-state index contributed by atoms with van der Waals surface area (Å²) in [5.74, 6) is 1.01. The molecule has 1 aliphatic heterocycles. The maximum Gasteiger partial charge on any atom is 0.243 e. The van der Waals surface area contributed by atoms with E-state index in [1.807, 2.05) is 18.2 Å². The van der Waals surface area contributed by atoms with E-state index in [0.717, 1.165) is 12.0 Å². The molecule has 3 rings (SSSR count). The van der Waals surface area contributed by atoms with Gasteiger partial charge in [-0.15, -0.1) is 0 Å². The van der Waals surface area contributed by atoms with Gasteiger partial charge in [0.1, 0.15) is 5.76 Å². The number of amides is 1. The number of hydrogen-bond donors (Lipinski definition) is 1. The summed E-state index contributed by atoms with van der Waals surface area (Å²) < 4.78 is 32.5. The van der Waals surface area contributed by atoms with Crippen LogP contribution in [0.3, 0.4) is 0 Å². The lowest BCUT2D eigenvalue weighted by atomic mass is 9.97. The minimum atomic E-state index is -3.52. The van der Waals surface area contributed by atoms with Crippen molar-refractivity contribution in [1.29, 1.82) is 0 Å². The van der Waals surface area contributed by atoms with E-state index in [2.05, 4.69) is 19.2 Å². The van der Waals surface area contributed by atoms with Gasteiger partial charge >= 0.3 is 0 Å². The van der Waals surface area contributed by atoms with Crippen LogP contribution in [0.5, 0.6) is 0 Å². The Hall–Kier alpha value is -2.12. The molecule has 1 N–H and O–H groups in total. The molecule has 0 saturated carbocycles.